The Morgan fingerprint density at radius 3 is 2.39 bits per heavy atom. The molecule has 0 aromatic heterocycles. The van der Waals surface area contributed by atoms with Crippen LogP contribution in [0.4, 0.5) is 0 Å². The van der Waals surface area contributed by atoms with Gasteiger partial charge in [-0.15, -0.1) is 0 Å². The van der Waals surface area contributed by atoms with Crippen molar-refractivity contribution in [2.24, 2.45) is 0 Å². The molecule has 0 aliphatic heterocycles. The van der Waals surface area contributed by atoms with Gasteiger partial charge >= 0.3 is 0 Å². The highest BCUT2D eigenvalue weighted by atomic mass is 79.9. The summed E-state index contributed by atoms with van der Waals surface area (Å²) in [6.07, 6.45) is 3.01. The fourth-order valence-corrected chi connectivity index (χ4v) is 5.04. The van der Waals surface area contributed by atoms with Crippen molar-refractivity contribution >= 4 is 61.1 Å². The SMILES string of the molecule is CC(C)N(C)S(=O)(=O)c1ccc(/C=C/C(=O)NCc2ccc(Br)cc2Oc2ccc(Cl)c(Cl)c2)cc1. The summed E-state index contributed by atoms with van der Waals surface area (Å²) in [4.78, 5) is 12.6. The molecule has 0 radical (unpaired) electrons. The second-order valence-electron chi connectivity index (χ2n) is 8.17. The van der Waals surface area contributed by atoms with Gasteiger partial charge in [0.25, 0.3) is 0 Å². The van der Waals surface area contributed by atoms with Crippen LogP contribution in [0.2, 0.25) is 10.0 Å². The van der Waals surface area contributed by atoms with Gasteiger partial charge < -0.3 is 10.1 Å². The molecule has 0 spiro atoms. The van der Waals surface area contributed by atoms with Crippen molar-refractivity contribution < 1.29 is 17.9 Å². The molecule has 190 valence electrons. The summed E-state index contributed by atoms with van der Waals surface area (Å²) in [6.45, 7) is 3.85. The highest BCUT2D eigenvalue weighted by molar-refractivity contribution is 9.10. The summed E-state index contributed by atoms with van der Waals surface area (Å²) >= 11 is 15.5. The number of ether oxygens (including phenoxy) is 1. The minimum Gasteiger partial charge on any atom is -0.457 e. The number of benzene rings is 3. The van der Waals surface area contributed by atoms with E-state index in [1.165, 1.54) is 22.5 Å². The lowest BCUT2D eigenvalue weighted by Gasteiger charge is -2.20. The van der Waals surface area contributed by atoms with E-state index in [-0.39, 0.29) is 23.4 Å². The van der Waals surface area contributed by atoms with Gasteiger partial charge in [0.15, 0.2) is 0 Å². The fourth-order valence-electron chi connectivity index (χ4n) is 3.04. The largest absolute Gasteiger partial charge is 0.457 e. The number of halogens is 3. The van der Waals surface area contributed by atoms with Crippen LogP contribution in [0.1, 0.15) is 25.0 Å². The third-order valence-corrected chi connectivity index (χ3v) is 8.59. The number of hydrogen-bond acceptors (Lipinski definition) is 4. The lowest BCUT2D eigenvalue weighted by Crippen LogP contribution is -2.32. The van der Waals surface area contributed by atoms with Gasteiger partial charge in [0.1, 0.15) is 11.5 Å². The normalized spacial score (nSPS) is 11.9. The molecule has 3 aromatic rings. The van der Waals surface area contributed by atoms with E-state index in [4.69, 9.17) is 27.9 Å². The monoisotopic (exact) mass is 610 g/mol. The number of amides is 1. The van der Waals surface area contributed by atoms with E-state index in [1.54, 1.807) is 49.5 Å². The average molecular weight is 612 g/mol. The molecule has 0 saturated heterocycles. The van der Waals surface area contributed by atoms with Crippen LogP contribution in [0.25, 0.3) is 6.08 Å². The molecule has 1 amide bonds. The van der Waals surface area contributed by atoms with Crippen molar-refractivity contribution in [1.29, 1.82) is 0 Å². The molecule has 0 saturated carbocycles. The van der Waals surface area contributed by atoms with Gasteiger partial charge in [-0.05, 0) is 61.9 Å². The Bertz CT molecular complexity index is 1380. The number of carbonyl (C=O) groups excluding carboxylic acids is 1. The van der Waals surface area contributed by atoms with Crippen LogP contribution >= 0.6 is 39.1 Å². The molecule has 0 bridgehead atoms. The molecular weight excluding hydrogens is 587 g/mol. The number of nitrogens with one attached hydrogen (secondary N) is 1. The summed E-state index contributed by atoms with van der Waals surface area (Å²) in [5, 5.41) is 3.63. The highest BCUT2D eigenvalue weighted by Gasteiger charge is 2.22. The van der Waals surface area contributed by atoms with Gasteiger partial charge in [-0.1, -0.05) is 57.3 Å². The lowest BCUT2D eigenvalue weighted by atomic mass is 10.2. The predicted octanol–water partition coefficient (Wildman–Crippen LogP) is 6.91. The van der Waals surface area contributed by atoms with Gasteiger partial charge in [0.2, 0.25) is 15.9 Å². The summed E-state index contributed by atoms with van der Waals surface area (Å²) in [6, 6.07) is 16.7. The smallest absolute Gasteiger partial charge is 0.244 e. The van der Waals surface area contributed by atoms with E-state index in [9.17, 15) is 13.2 Å². The van der Waals surface area contributed by atoms with Gasteiger partial charge in [-0.2, -0.15) is 4.31 Å². The van der Waals surface area contributed by atoms with Gasteiger partial charge in [-0.25, -0.2) is 8.42 Å². The van der Waals surface area contributed by atoms with Crippen LogP contribution in [0.5, 0.6) is 11.5 Å². The van der Waals surface area contributed by atoms with Gasteiger partial charge in [0, 0.05) is 41.8 Å². The Morgan fingerprint density at radius 1 is 1.06 bits per heavy atom. The van der Waals surface area contributed by atoms with Gasteiger partial charge in [0.05, 0.1) is 14.9 Å². The quantitative estimate of drug-likeness (QED) is 0.267. The standard InChI is InChI=1S/C26H25BrCl2N2O4S/c1-17(2)31(3)36(33,34)22-10-4-18(5-11-22)6-13-26(32)30-16-19-7-8-20(27)14-25(19)35-21-9-12-23(28)24(29)15-21/h4-15,17H,16H2,1-3H3,(H,30,32)/b13-6+. The summed E-state index contributed by atoms with van der Waals surface area (Å²) < 4.78 is 33.3. The molecule has 0 heterocycles. The Hall–Kier alpha value is -2.36. The second kappa shape index (κ2) is 12.3. The van der Waals surface area contributed by atoms with Crippen LogP contribution < -0.4 is 10.1 Å². The molecule has 3 aromatic carbocycles. The third kappa shape index (κ3) is 7.33. The molecule has 0 fully saturated rings. The van der Waals surface area contributed by atoms with Gasteiger partial charge in [-0.3, -0.25) is 4.79 Å². The molecule has 10 heteroatoms. The fraction of sp³-hybridized carbons (Fsp3) is 0.192. The van der Waals surface area contributed by atoms with Crippen LogP contribution in [0.15, 0.2) is 76.1 Å². The summed E-state index contributed by atoms with van der Waals surface area (Å²) in [7, 11) is -2.01. The minimum absolute atomic E-state index is 0.154. The van der Waals surface area contributed by atoms with Crippen molar-refractivity contribution in [3.63, 3.8) is 0 Å². The maximum absolute atomic E-state index is 12.6. The lowest BCUT2D eigenvalue weighted by molar-refractivity contribution is -0.116. The number of hydrogen-bond donors (Lipinski definition) is 1. The summed E-state index contributed by atoms with van der Waals surface area (Å²) in [5.41, 5.74) is 1.46. The zero-order valence-corrected chi connectivity index (χ0v) is 23.7. The first-order valence-corrected chi connectivity index (χ1v) is 13.9. The number of nitrogens with zero attached hydrogens (tertiary/aromatic N) is 1. The Morgan fingerprint density at radius 2 is 1.75 bits per heavy atom. The number of rotatable bonds is 9. The van der Waals surface area contributed by atoms with Crippen molar-refractivity contribution in [3.05, 3.63) is 92.4 Å². The van der Waals surface area contributed by atoms with Crippen LogP contribution in [0, 0.1) is 0 Å². The van der Waals surface area contributed by atoms with Crippen LogP contribution in [-0.4, -0.2) is 31.7 Å². The van der Waals surface area contributed by atoms with Crippen molar-refractivity contribution in [3.8, 4) is 11.5 Å². The molecule has 3 rings (SSSR count). The second-order valence-corrected chi connectivity index (χ2v) is 11.9. The average Bonchev–Trinajstić information content (AvgIpc) is 2.84. The molecule has 0 aliphatic rings. The highest BCUT2D eigenvalue weighted by Crippen LogP contribution is 2.32. The van der Waals surface area contributed by atoms with Crippen LogP contribution in [-0.2, 0) is 21.4 Å². The van der Waals surface area contributed by atoms with Crippen molar-refractivity contribution in [1.82, 2.24) is 9.62 Å². The molecular formula is C26H25BrCl2N2O4S. The maximum atomic E-state index is 12.6. The minimum atomic E-state index is -3.56. The third-order valence-electron chi connectivity index (χ3n) is 5.31. The number of sulfonamides is 1. The summed E-state index contributed by atoms with van der Waals surface area (Å²) in [5.74, 6) is 0.755. The molecule has 1 N–H and O–H groups in total. The zero-order chi connectivity index (χ0) is 26.5. The van der Waals surface area contributed by atoms with E-state index in [2.05, 4.69) is 21.2 Å². The molecule has 0 aliphatic carbocycles. The van der Waals surface area contributed by atoms with E-state index >= 15 is 0 Å². The predicted molar refractivity (Wildman–Crippen MR) is 148 cm³/mol. The molecule has 0 atom stereocenters. The Balaban J connectivity index is 1.65. The van der Waals surface area contributed by atoms with Crippen molar-refractivity contribution in [2.45, 2.75) is 31.3 Å². The van der Waals surface area contributed by atoms with E-state index < -0.39 is 10.0 Å². The topological polar surface area (TPSA) is 75.7 Å². The maximum Gasteiger partial charge on any atom is 0.244 e. The Labute approximate surface area is 230 Å². The molecule has 0 unspecified atom stereocenters. The van der Waals surface area contributed by atoms with E-state index in [0.29, 0.717) is 27.1 Å². The first kappa shape index (κ1) is 28.2. The van der Waals surface area contributed by atoms with E-state index in [1.807, 2.05) is 26.0 Å². The molecule has 6 nitrogen and oxygen atoms in total. The first-order chi connectivity index (χ1) is 17.0. The van der Waals surface area contributed by atoms with E-state index in [0.717, 1.165) is 10.0 Å². The number of carbonyl (C=O) groups is 1. The Kier molecular flexibility index (Phi) is 9.60. The molecule has 36 heavy (non-hydrogen) atoms. The zero-order valence-electron chi connectivity index (χ0n) is 19.8. The van der Waals surface area contributed by atoms with Crippen LogP contribution in [0.3, 0.4) is 0 Å². The first-order valence-electron chi connectivity index (χ1n) is 10.9. The van der Waals surface area contributed by atoms with Crippen molar-refractivity contribution in [2.75, 3.05) is 7.05 Å².